The van der Waals surface area contributed by atoms with Crippen LogP contribution in [0.15, 0.2) is 36.4 Å². The minimum absolute atomic E-state index is 1.34. The summed E-state index contributed by atoms with van der Waals surface area (Å²) in [4.78, 5) is 0. The van der Waals surface area contributed by atoms with Gasteiger partial charge in [-0.05, 0) is 36.1 Å². The Labute approximate surface area is 73.2 Å². The lowest BCUT2D eigenvalue weighted by Gasteiger charge is -1.93. The zero-order chi connectivity index (χ0) is 8.55. The van der Waals surface area contributed by atoms with E-state index in [1.165, 1.54) is 22.3 Å². The van der Waals surface area contributed by atoms with Crippen LogP contribution >= 0.6 is 0 Å². The van der Waals surface area contributed by atoms with Gasteiger partial charge in [0.25, 0.3) is 0 Å². The highest BCUT2D eigenvalue weighted by Crippen LogP contribution is 2.27. The Morgan fingerprint density at radius 2 is 1.67 bits per heavy atom. The molecule has 2 rings (SSSR count). The van der Waals surface area contributed by atoms with Crippen molar-refractivity contribution in [2.45, 2.75) is 13.8 Å². The lowest BCUT2D eigenvalue weighted by Crippen LogP contribution is -1.70. The van der Waals surface area contributed by atoms with Crippen LogP contribution in [0.25, 0.3) is 11.1 Å². The molecule has 0 spiro atoms. The van der Waals surface area contributed by atoms with Crippen LogP contribution in [-0.4, -0.2) is 0 Å². The second-order valence-electron chi connectivity index (χ2n) is 3.30. The summed E-state index contributed by atoms with van der Waals surface area (Å²) < 4.78 is 0. The van der Waals surface area contributed by atoms with Crippen LogP contribution in [0.5, 0.6) is 0 Å². The van der Waals surface area contributed by atoms with E-state index < -0.39 is 0 Å². The van der Waals surface area contributed by atoms with Gasteiger partial charge in [-0.25, -0.2) is 0 Å². The third-order valence-corrected chi connectivity index (χ3v) is 2.22. The van der Waals surface area contributed by atoms with E-state index in [2.05, 4.69) is 50.2 Å². The molecule has 12 heavy (non-hydrogen) atoms. The molecule has 0 bridgehead atoms. The fourth-order valence-corrected chi connectivity index (χ4v) is 1.60. The van der Waals surface area contributed by atoms with Crippen molar-refractivity contribution in [3.05, 3.63) is 47.5 Å². The predicted molar refractivity (Wildman–Crippen MR) is 52.5 cm³/mol. The molecule has 0 saturated carbocycles. The number of rotatable bonds is 0. The predicted octanol–water partition coefficient (Wildman–Crippen LogP) is 3.41. The summed E-state index contributed by atoms with van der Waals surface area (Å²) in [6.45, 7) is 4.29. The van der Waals surface area contributed by atoms with E-state index in [0.29, 0.717) is 0 Å². The van der Waals surface area contributed by atoms with Crippen molar-refractivity contribution in [1.82, 2.24) is 0 Å². The largest absolute Gasteiger partial charge is 0.0620 e. The topological polar surface area (TPSA) is 0 Å². The van der Waals surface area contributed by atoms with E-state index in [1.54, 1.807) is 0 Å². The molecule has 0 saturated heterocycles. The standard InChI is InChI=1S/C12H12/c1-9-7-11-6-4-3-5-10(2)12(11)8-9/h3-8H,1-2H3. The van der Waals surface area contributed by atoms with Gasteiger partial charge in [0.1, 0.15) is 0 Å². The summed E-state index contributed by atoms with van der Waals surface area (Å²) in [6.07, 6.45) is 0. The van der Waals surface area contributed by atoms with Crippen molar-refractivity contribution in [2.75, 3.05) is 0 Å². The summed E-state index contributed by atoms with van der Waals surface area (Å²) in [7, 11) is 0. The molecule has 0 heteroatoms. The fourth-order valence-electron chi connectivity index (χ4n) is 1.60. The molecule has 0 aromatic rings. The molecule has 0 aliphatic heterocycles. The monoisotopic (exact) mass is 156 g/mol. The van der Waals surface area contributed by atoms with Gasteiger partial charge in [-0.15, -0.1) is 0 Å². The number of hydrogen-bond donors (Lipinski definition) is 0. The van der Waals surface area contributed by atoms with E-state index in [1.807, 2.05) is 0 Å². The number of fused-ring (bicyclic) bond motifs is 1. The number of hydrogen-bond acceptors (Lipinski definition) is 0. The Morgan fingerprint density at radius 3 is 2.50 bits per heavy atom. The Balaban J connectivity index is 2.78. The van der Waals surface area contributed by atoms with Crippen molar-refractivity contribution in [2.24, 2.45) is 0 Å². The summed E-state index contributed by atoms with van der Waals surface area (Å²) >= 11 is 0. The molecule has 2 aliphatic carbocycles. The van der Waals surface area contributed by atoms with Crippen LogP contribution in [0.4, 0.5) is 0 Å². The Kier molecular flexibility index (Phi) is 1.61. The summed E-state index contributed by atoms with van der Waals surface area (Å²) in [5, 5.41) is 0. The van der Waals surface area contributed by atoms with E-state index in [0.717, 1.165) is 0 Å². The smallest absolute Gasteiger partial charge is 0.0152 e. The van der Waals surface area contributed by atoms with Gasteiger partial charge in [0, 0.05) is 0 Å². The van der Waals surface area contributed by atoms with Gasteiger partial charge < -0.3 is 0 Å². The highest BCUT2D eigenvalue weighted by Gasteiger charge is 2.03. The summed E-state index contributed by atoms with van der Waals surface area (Å²) in [6, 6.07) is 13.0. The molecule has 0 atom stereocenters. The van der Waals surface area contributed by atoms with Gasteiger partial charge in [0.15, 0.2) is 0 Å². The first-order chi connectivity index (χ1) is 5.77. The number of aryl methyl sites for hydroxylation is 2. The average molecular weight is 156 g/mol. The van der Waals surface area contributed by atoms with E-state index in [4.69, 9.17) is 0 Å². The molecule has 2 aliphatic rings. The van der Waals surface area contributed by atoms with Gasteiger partial charge in [-0.3, -0.25) is 0 Å². The van der Waals surface area contributed by atoms with E-state index >= 15 is 0 Å². The van der Waals surface area contributed by atoms with Gasteiger partial charge in [-0.1, -0.05) is 36.4 Å². The van der Waals surface area contributed by atoms with Crippen molar-refractivity contribution < 1.29 is 0 Å². The Morgan fingerprint density at radius 1 is 0.917 bits per heavy atom. The lowest BCUT2D eigenvalue weighted by molar-refractivity contribution is 1.50. The van der Waals surface area contributed by atoms with Gasteiger partial charge >= 0.3 is 0 Å². The first kappa shape index (κ1) is 7.35. The summed E-state index contributed by atoms with van der Waals surface area (Å²) in [5.41, 5.74) is 5.41. The van der Waals surface area contributed by atoms with E-state index in [9.17, 15) is 0 Å². The van der Waals surface area contributed by atoms with Crippen molar-refractivity contribution in [3.63, 3.8) is 0 Å². The maximum Gasteiger partial charge on any atom is -0.0152 e. The first-order valence-corrected chi connectivity index (χ1v) is 4.23. The van der Waals surface area contributed by atoms with Crippen LogP contribution in [-0.2, 0) is 0 Å². The van der Waals surface area contributed by atoms with Gasteiger partial charge in [0.2, 0.25) is 0 Å². The fraction of sp³-hybridized carbons (Fsp3) is 0.167. The Hall–Kier alpha value is -1.30. The van der Waals surface area contributed by atoms with Crippen LogP contribution in [0, 0.1) is 13.8 Å². The quantitative estimate of drug-likeness (QED) is 0.548. The molecule has 0 aromatic carbocycles. The minimum atomic E-state index is 1.34. The van der Waals surface area contributed by atoms with Crippen LogP contribution < -0.4 is 0 Å². The molecule has 60 valence electrons. The molecule has 0 amide bonds. The van der Waals surface area contributed by atoms with Crippen LogP contribution in [0.1, 0.15) is 11.1 Å². The minimum Gasteiger partial charge on any atom is -0.0620 e. The van der Waals surface area contributed by atoms with Gasteiger partial charge in [-0.2, -0.15) is 0 Å². The first-order valence-electron chi connectivity index (χ1n) is 4.23. The molecular formula is C12H12. The lowest BCUT2D eigenvalue weighted by atomic mass is 10.1. The molecule has 0 heterocycles. The molecule has 0 aromatic heterocycles. The average Bonchev–Trinajstić information content (AvgIpc) is 2.33. The molecular weight excluding hydrogens is 144 g/mol. The zero-order valence-electron chi connectivity index (χ0n) is 7.46. The highest BCUT2D eigenvalue weighted by atomic mass is 14.1. The van der Waals surface area contributed by atoms with Crippen LogP contribution in [0.2, 0.25) is 0 Å². The maximum absolute atomic E-state index is 2.24. The Bertz CT molecular complexity index is 374. The van der Waals surface area contributed by atoms with Crippen molar-refractivity contribution >= 4 is 0 Å². The highest BCUT2D eigenvalue weighted by molar-refractivity contribution is 5.71. The molecule has 0 fully saturated rings. The third-order valence-electron chi connectivity index (χ3n) is 2.22. The van der Waals surface area contributed by atoms with E-state index in [-0.39, 0.29) is 0 Å². The molecule has 0 nitrogen and oxygen atoms in total. The van der Waals surface area contributed by atoms with Crippen molar-refractivity contribution in [1.29, 1.82) is 0 Å². The zero-order valence-corrected chi connectivity index (χ0v) is 7.46. The third kappa shape index (κ3) is 1.10. The molecule has 0 unspecified atom stereocenters. The summed E-state index contributed by atoms with van der Waals surface area (Å²) in [5.74, 6) is 0. The molecule has 0 N–H and O–H groups in total. The second kappa shape index (κ2) is 2.63. The second-order valence-corrected chi connectivity index (χ2v) is 3.30. The SMILES string of the molecule is Cc1cc2ccccc(C)c-2c1. The van der Waals surface area contributed by atoms with Crippen molar-refractivity contribution in [3.8, 4) is 11.1 Å². The van der Waals surface area contributed by atoms with Gasteiger partial charge in [0.05, 0.1) is 0 Å². The van der Waals surface area contributed by atoms with Crippen LogP contribution in [0.3, 0.4) is 0 Å². The maximum atomic E-state index is 2.24. The molecule has 0 radical (unpaired) electrons. The normalized spacial score (nSPS) is 10.5.